The highest BCUT2D eigenvalue weighted by Crippen LogP contribution is 2.35. The van der Waals surface area contributed by atoms with Crippen LogP contribution in [0.25, 0.3) is 26.0 Å². The van der Waals surface area contributed by atoms with Crippen molar-refractivity contribution >= 4 is 37.5 Å². The fourth-order valence-corrected chi connectivity index (χ4v) is 5.78. The van der Waals surface area contributed by atoms with Gasteiger partial charge in [0, 0.05) is 43.5 Å². The fourth-order valence-electron chi connectivity index (χ4n) is 3.74. The van der Waals surface area contributed by atoms with Gasteiger partial charge in [-0.05, 0) is 26.8 Å². The predicted octanol–water partition coefficient (Wildman–Crippen LogP) is 2.61. The van der Waals surface area contributed by atoms with Crippen LogP contribution in [-0.4, -0.2) is 67.3 Å². The first-order chi connectivity index (χ1) is 14.5. The maximum Gasteiger partial charge on any atom is 0.260 e. The van der Waals surface area contributed by atoms with Crippen molar-refractivity contribution in [2.75, 3.05) is 25.5 Å². The Morgan fingerprint density at radius 3 is 2.80 bits per heavy atom. The van der Waals surface area contributed by atoms with E-state index < -0.39 is 0 Å². The van der Waals surface area contributed by atoms with Crippen LogP contribution in [0.3, 0.4) is 0 Å². The van der Waals surface area contributed by atoms with Gasteiger partial charge in [-0.15, -0.1) is 0 Å². The highest BCUT2D eigenvalue weighted by Gasteiger charge is 2.27. The van der Waals surface area contributed by atoms with Crippen molar-refractivity contribution in [2.45, 2.75) is 31.8 Å². The molecule has 0 spiro atoms. The highest BCUT2D eigenvalue weighted by atomic mass is 32.1. The molecule has 4 aromatic rings. The third-order valence-corrected chi connectivity index (χ3v) is 7.91. The third-order valence-electron chi connectivity index (χ3n) is 5.79. The second-order valence-electron chi connectivity index (χ2n) is 7.69. The lowest BCUT2D eigenvalue weighted by atomic mass is 9.98. The normalized spacial score (nSPS) is 20.1. The lowest BCUT2D eigenvalue weighted by Crippen LogP contribution is -2.46. The molecule has 30 heavy (non-hydrogen) atoms. The quantitative estimate of drug-likeness (QED) is 0.519. The van der Waals surface area contributed by atoms with E-state index in [2.05, 4.69) is 51.0 Å². The molecule has 0 saturated carbocycles. The summed E-state index contributed by atoms with van der Waals surface area (Å²) < 4.78 is 1.46. The van der Waals surface area contributed by atoms with Crippen LogP contribution in [0.1, 0.15) is 19.8 Å². The van der Waals surface area contributed by atoms with E-state index in [4.69, 9.17) is 4.98 Å². The summed E-state index contributed by atoms with van der Waals surface area (Å²) in [4.78, 5) is 32.8. The van der Waals surface area contributed by atoms with Gasteiger partial charge in [-0.1, -0.05) is 22.7 Å². The Balaban J connectivity index is 1.39. The predicted molar refractivity (Wildman–Crippen MR) is 120 cm³/mol. The number of fused-ring (bicyclic) bond motifs is 1. The van der Waals surface area contributed by atoms with E-state index in [1.807, 2.05) is 0 Å². The molecule has 2 unspecified atom stereocenters. The Kier molecular flexibility index (Phi) is 4.88. The van der Waals surface area contributed by atoms with Crippen molar-refractivity contribution < 1.29 is 0 Å². The Morgan fingerprint density at radius 2 is 2.10 bits per heavy atom. The number of rotatable bonds is 4. The number of aromatic amines is 1. The average molecular weight is 443 g/mol. The lowest BCUT2D eigenvalue weighted by Gasteiger charge is -2.39. The van der Waals surface area contributed by atoms with Gasteiger partial charge in [0.25, 0.3) is 5.56 Å². The van der Waals surface area contributed by atoms with Gasteiger partial charge in [0.1, 0.15) is 6.33 Å². The minimum absolute atomic E-state index is 0.180. The van der Waals surface area contributed by atoms with Crippen LogP contribution in [0.5, 0.6) is 0 Å². The van der Waals surface area contributed by atoms with Crippen LogP contribution in [0.15, 0.2) is 29.6 Å². The summed E-state index contributed by atoms with van der Waals surface area (Å²) in [5.41, 5.74) is 1.18. The smallest absolute Gasteiger partial charge is 0.260 e. The summed E-state index contributed by atoms with van der Waals surface area (Å²) in [5, 5.41) is 8.19. The number of anilines is 1. The van der Waals surface area contributed by atoms with Crippen LogP contribution in [0.4, 0.5) is 5.13 Å². The minimum atomic E-state index is -0.180. The van der Waals surface area contributed by atoms with Crippen molar-refractivity contribution in [1.82, 2.24) is 34.6 Å². The summed E-state index contributed by atoms with van der Waals surface area (Å²) in [6, 6.07) is 2.55. The van der Waals surface area contributed by atoms with E-state index in [0.717, 1.165) is 39.7 Å². The summed E-state index contributed by atoms with van der Waals surface area (Å²) in [7, 11) is 4.30. The number of hydrogen-bond acceptors (Lipinski definition) is 9. The van der Waals surface area contributed by atoms with Crippen molar-refractivity contribution in [1.29, 1.82) is 0 Å². The number of likely N-dealkylation sites (tertiary alicyclic amines) is 1. The molecule has 0 bridgehead atoms. The number of aromatic nitrogens is 6. The SMILES string of the molecule is CC1CC(N(C)c2nc3sc(-n4cnc(-c5cn[nH]c5)cc4=O)nc3s2)CCN1C. The lowest BCUT2D eigenvalue weighted by molar-refractivity contribution is 0.181. The Labute approximate surface area is 181 Å². The zero-order valence-corrected chi connectivity index (χ0v) is 18.6. The summed E-state index contributed by atoms with van der Waals surface area (Å²) in [5.74, 6) is 0. The summed E-state index contributed by atoms with van der Waals surface area (Å²) >= 11 is 2.99. The van der Waals surface area contributed by atoms with Crippen LogP contribution >= 0.6 is 22.7 Å². The Bertz CT molecular complexity index is 1200. The van der Waals surface area contributed by atoms with Gasteiger partial charge in [-0.3, -0.25) is 9.89 Å². The summed E-state index contributed by atoms with van der Waals surface area (Å²) in [6.45, 7) is 3.38. The molecule has 4 aromatic heterocycles. The van der Waals surface area contributed by atoms with E-state index in [9.17, 15) is 4.79 Å². The topological polar surface area (TPSA) is 95.8 Å². The number of piperidine rings is 1. The maximum absolute atomic E-state index is 12.6. The van der Waals surface area contributed by atoms with E-state index >= 15 is 0 Å². The zero-order valence-electron chi connectivity index (χ0n) is 16.9. The molecule has 9 nitrogen and oxygen atoms in total. The second-order valence-corrected chi connectivity index (χ2v) is 9.60. The molecule has 11 heteroatoms. The molecule has 2 atom stereocenters. The van der Waals surface area contributed by atoms with Crippen LogP contribution in [-0.2, 0) is 0 Å². The van der Waals surface area contributed by atoms with Crippen molar-refractivity contribution in [3.63, 3.8) is 0 Å². The molecule has 1 N–H and O–H groups in total. The molecule has 5 rings (SSSR count). The molecule has 1 aliphatic rings. The monoisotopic (exact) mass is 442 g/mol. The molecular formula is C19H22N8OS2. The van der Waals surface area contributed by atoms with Gasteiger partial charge < -0.3 is 9.80 Å². The number of nitrogens with zero attached hydrogens (tertiary/aromatic N) is 7. The van der Waals surface area contributed by atoms with E-state index in [1.54, 1.807) is 23.7 Å². The summed E-state index contributed by atoms with van der Waals surface area (Å²) in [6.07, 6.45) is 7.12. The zero-order chi connectivity index (χ0) is 20.8. The van der Waals surface area contributed by atoms with Gasteiger partial charge in [-0.2, -0.15) is 5.10 Å². The molecule has 0 radical (unpaired) electrons. The molecule has 1 saturated heterocycles. The van der Waals surface area contributed by atoms with Gasteiger partial charge in [0.05, 0.1) is 11.9 Å². The van der Waals surface area contributed by atoms with Crippen molar-refractivity contribution in [3.05, 3.63) is 35.1 Å². The Morgan fingerprint density at radius 1 is 1.27 bits per heavy atom. The minimum Gasteiger partial charge on any atom is -0.348 e. The Hall–Kier alpha value is -2.63. The van der Waals surface area contributed by atoms with Gasteiger partial charge in [0.2, 0.25) is 5.13 Å². The first-order valence-electron chi connectivity index (χ1n) is 9.78. The van der Waals surface area contributed by atoms with Crippen molar-refractivity contribution in [3.8, 4) is 16.4 Å². The number of hydrogen-bond donors (Lipinski definition) is 1. The van der Waals surface area contributed by atoms with E-state index in [-0.39, 0.29) is 5.56 Å². The van der Waals surface area contributed by atoms with E-state index in [1.165, 1.54) is 28.3 Å². The molecule has 0 aromatic carbocycles. The fraction of sp³-hybridized carbons (Fsp3) is 0.421. The molecule has 0 aliphatic carbocycles. The largest absolute Gasteiger partial charge is 0.348 e. The van der Waals surface area contributed by atoms with Gasteiger partial charge in [-0.25, -0.2) is 19.5 Å². The molecule has 5 heterocycles. The number of nitrogens with one attached hydrogen (secondary N) is 1. The average Bonchev–Trinajstić information content (AvgIpc) is 3.46. The first kappa shape index (κ1) is 19.3. The molecule has 1 fully saturated rings. The van der Waals surface area contributed by atoms with E-state index in [0.29, 0.717) is 22.9 Å². The number of thiazole rings is 2. The maximum atomic E-state index is 12.6. The second kappa shape index (κ2) is 7.56. The molecular weight excluding hydrogens is 420 g/mol. The van der Waals surface area contributed by atoms with Gasteiger partial charge in [0.15, 0.2) is 14.8 Å². The standard InChI is InChI=1S/C19H22N8OS2/c1-11-6-13(4-5-25(11)2)26(3)18-23-16-17(29-18)24-19(30-16)27-10-20-14(7-15(27)28)12-8-21-22-9-12/h7-11,13H,4-6H2,1-3H3,(H,21,22). The van der Waals surface area contributed by atoms with Crippen molar-refractivity contribution in [2.24, 2.45) is 0 Å². The van der Waals surface area contributed by atoms with Crippen LogP contribution in [0, 0.1) is 0 Å². The van der Waals surface area contributed by atoms with Crippen LogP contribution in [0.2, 0.25) is 0 Å². The molecule has 156 valence electrons. The molecule has 0 amide bonds. The third kappa shape index (κ3) is 3.42. The number of H-pyrrole nitrogens is 1. The first-order valence-corrected chi connectivity index (χ1v) is 11.4. The highest BCUT2D eigenvalue weighted by molar-refractivity contribution is 7.29. The van der Waals surface area contributed by atoms with Crippen LogP contribution < -0.4 is 10.5 Å². The van der Waals surface area contributed by atoms with Gasteiger partial charge >= 0.3 is 0 Å². The molecule has 1 aliphatic heterocycles.